The summed E-state index contributed by atoms with van der Waals surface area (Å²) in [5, 5.41) is 50.2. The molecule has 0 saturated heterocycles. The molecule has 0 bridgehead atoms. The first kappa shape index (κ1) is 102. The topological polar surface area (TPSA) is 469 Å². The number of carboxylic acid groups (broad SMARTS) is 4. The van der Waals surface area contributed by atoms with Crippen LogP contribution in [0.2, 0.25) is 0 Å². The molecule has 0 aliphatic carbocycles. The molecule has 0 radical (unpaired) electrons. The molecule has 0 aliphatic rings. The first-order valence-corrected chi connectivity index (χ1v) is 41.0. The van der Waals surface area contributed by atoms with Crippen molar-refractivity contribution in [1.82, 2.24) is 26.6 Å². The van der Waals surface area contributed by atoms with Gasteiger partial charge in [0.25, 0.3) is 0 Å². The van der Waals surface area contributed by atoms with Crippen molar-refractivity contribution >= 4 is 82.3 Å². The minimum absolute atomic E-state index is 0. The van der Waals surface area contributed by atoms with E-state index in [2.05, 4.69) is 26.6 Å². The maximum absolute atomic E-state index is 13.1. The van der Waals surface area contributed by atoms with Gasteiger partial charge >= 0.3 is 23.9 Å². The van der Waals surface area contributed by atoms with Gasteiger partial charge < -0.3 is 77.4 Å². The molecule has 0 rings (SSSR count). The van der Waals surface area contributed by atoms with Crippen LogP contribution in [-0.4, -0.2) is 200 Å². The van der Waals surface area contributed by atoms with Crippen molar-refractivity contribution in [2.45, 2.75) is 327 Å². The number of rotatable bonds is 81. The maximum Gasteiger partial charge on any atom is 0.326 e. The summed E-state index contributed by atoms with van der Waals surface area (Å²) in [5.41, 5.74) is 12.3. The molecule has 29 nitrogen and oxygen atoms in total. The third-order valence-electron chi connectivity index (χ3n) is 19.2. The minimum atomic E-state index is -1.21. The lowest BCUT2D eigenvalue weighted by Crippen LogP contribution is -2.41. The predicted octanol–water partition coefficient (Wildman–Crippen LogP) is 10.2. The number of nitrogens with one attached hydrogen (secondary N) is 5. The van der Waals surface area contributed by atoms with Gasteiger partial charge in [-0.15, -0.1) is 0 Å². The van der Waals surface area contributed by atoms with E-state index < -0.39 is 53.8 Å². The van der Waals surface area contributed by atoms with E-state index in [1.54, 1.807) is 0 Å². The molecule has 6 atom stereocenters. The number of unbranched alkanes of at least 4 members (excludes halogenated alkanes) is 24. The van der Waals surface area contributed by atoms with Gasteiger partial charge in [0.15, 0.2) is 11.6 Å². The number of carbonyl (C=O) groups excluding carboxylic acids is 10. The average molecular weight is 1560 g/mol. The summed E-state index contributed by atoms with van der Waals surface area (Å²) in [6.45, 7) is 5.53. The van der Waals surface area contributed by atoms with E-state index in [-0.39, 0.29) is 191 Å². The van der Waals surface area contributed by atoms with Crippen LogP contribution in [0.3, 0.4) is 0 Å². The number of carboxylic acids is 4. The lowest BCUT2D eigenvalue weighted by atomic mass is 9.87. The smallest absolute Gasteiger partial charge is 0.326 e. The predicted molar refractivity (Wildman–Crippen MR) is 417 cm³/mol. The van der Waals surface area contributed by atoms with Gasteiger partial charge in [0, 0.05) is 105 Å². The van der Waals surface area contributed by atoms with Crippen molar-refractivity contribution in [3.8, 4) is 0 Å². The molecule has 109 heavy (non-hydrogen) atoms. The van der Waals surface area contributed by atoms with Crippen molar-refractivity contribution in [3.63, 3.8) is 0 Å². The van der Waals surface area contributed by atoms with Crippen LogP contribution in [0.15, 0.2) is 0 Å². The van der Waals surface area contributed by atoms with E-state index in [1.807, 2.05) is 6.92 Å². The Bertz CT molecular complexity index is 2570. The molecule has 0 spiro atoms. The van der Waals surface area contributed by atoms with Crippen LogP contribution in [0.1, 0.15) is 312 Å². The second-order valence-electron chi connectivity index (χ2n) is 29.1. The van der Waals surface area contributed by atoms with Gasteiger partial charge in [-0.05, 0) is 96.8 Å². The second-order valence-corrected chi connectivity index (χ2v) is 29.1. The SMILES string of the molecule is CC(=O)[C@H](CCCCNC(=O)[C@@H](N)CCCCCC(=O)COCCOCCNC(=O)CCC(NC(=O)CCCCCCCCCCCCC(=O)O)C(=O)O)CC(=O)[C@@H](C)CCCCNC(=O)[C@@H](N)CCCCCC(=O)COCCOCCNC(=O)CC[C@H](CC(=O)CCCCCCCCCCCCC(=O)O)C(=O)O.[HH].[HH]. The monoisotopic (exact) mass is 1560 g/mol. The Morgan fingerprint density at radius 2 is 0.697 bits per heavy atom. The molecule has 0 heterocycles. The van der Waals surface area contributed by atoms with Crippen molar-refractivity contribution in [1.29, 1.82) is 0 Å². The van der Waals surface area contributed by atoms with Crippen molar-refractivity contribution in [2.24, 2.45) is 29.2 Å². The molecule has 5 amide bonds. The van der Waals surface area contributed by atoms with Gasteiger partial charge in [-0.2, -0.15) is 0 Å². The number of carbonyl (C=O) groups is 14. The third kappa shape index (κ3) is 65.7. The van der Waals surface area contributed by atoms with Crippen LogP contribution in [0.5, 0.6) is 0 Å². The Hall–Kier alpha value is -6.66. The highest BCUT2D eigenvalue weighted by Gasteiger charge is 2.25. The number of hydrogen-bond donors (Lipinski definition) is 11. The molecule has 29 heteroatoms. The Morgan fingerprint density at radius 1 is 0.330 bits per heavy atom. The standard InChI is InChI=1S/C80H141N7O22.2H2/c1-61(33-29-31-47-85-77(100)68(81)38-24-19-22-36-66(90)59-108-55-53-106-51-49-83-72(93)45-43-64(79(102)103)57-65(89)35-21-15-11-7-3-5-9-13-17-27-41-75(96)97)71(92)58-63(62(2)88)34-30-32-48-86-78(101)69(82)39-25-20-23-37-67(91)60-109-56-54-107-52-50-84-73(94)46-44-70(80(104)105)87-74(95)40-26-16-12-8-4-6-10-14-18-28-42-76(98)99;;/h61,63-64,68-70H,3-60,81-82H2,1-2H3,(H,83,93)(H,84,94)(H,85,100)(H,86,101)(H,87,95)(H,96,97)(H,98,99)(H,102,103)(H,104,105);2*1H/t61-,63+,64+,68-,69-,70?;;/m0../s1. The average Bonchev–Trinajstić information content (AvgIpc) is 0.932. The van der Waals surface area contributed by atoms with Crippen LogP contribution in [-0.2, 0) is 86.1 Å². The molecule has 0 aliphatic heterocycles. The Balaban J connectivity index is -0.0000583. The van der Waals surface area contributed by atoms with E-state index >= 15 is 0 Å². The second kappa shape index (κ2) is 70.5. The van der Waals surface area contributed by atoms with Crippen LogP contribution >= 0.6 is 0 Å². The van der Waals surface area contributed by atoms with E-state index in [9.17, 15) is 77.3 Å². The van der Waals surface area contributed by atoms with Crippen molar-refractivity contribution < 1.29 is 109 Å². The molecule has 1 unspecified atom stereocenters. The van der Waals surface area contributed by atoms with E-state index in [1.165, 1.54) is 6.92 Å². The molecular formula is C80H145N7O22. The molecule has 0 saturated carbocycles. The Morgan fingerprint density at radius 3 is 1.11 bits per heavy atom. The summed E-state index contributed by atoms with van der Waals surface area (Å²) in [5.74, 6) is -7.32. The minimum Gasteiger partial charge on any atom is -0.481 e. The molecular weight excluding hydrogens is 1410 g/mol. The molecule has 0 aromatic heterocycles. The lowest BCUT2D eigenvalue weighted by Gasteiger charge is -2.17. The van der Waals surface area contributed by atoms with E-state index in [0.29, 0.717) is 142 Å². The van der Waals surface area contributed by atoms with Gasteiger partial charge in [0.1, 0.15) is 36.6 Å². The largest absolute Gasteiger partial charge is 0.481 e. The number of Topliss-reactive ketones (excluding diaryl/α,β-unsaturated/α-hetero) is 5. The molecule has 13 N–H and O–H groups in total. The fourth-order valence-electron chi connectivity index (χ4n) is 12.3. The van der Waals surface area contributed by atoms with Gasteiger partial charge in [-0.25, -0.2) is 4.79 Å². The fourth-order valence-corrected chi connectivity index (χ4v) is 12.3. The Labute approximate surface area is 651 Å². The lowest BCUT2D eigenvalue weighted by molar-refractivity contribution is -0.144. The first-order chi connectivity index (χ1) is 52.3. The van der Waals surface area contributed by atoms with Crippen molar-refractivity contribution in [2.75, 3.05) is 79.0 Å². The molecule has 0 fully saturated rings. The third-order valence-corrected chi connectivity index (χ3v) is 19.2. The van der Waals surface area contributed by atoms with E-state index in [0.717, 1.165) is 109 Å². The van der Waals surface area contributed by atoms with Gasteiger partial charge in [0.2, 0.25) is 29.5 Å². The molecule has 632 valence electrons. The number of ether oxygens (including phenoxy) is 4. The number of ketones is 5. The molecule has 0 aromatic rings. The summed E-state index contributed by atoms with van der Waals surface area (Å²) >= 11 is 0. The zero-order chi connectivity index (χ0) is 80.9. The number of amides is 5. The fraction of sp³-hybridized carbons (Fsp3) is 0.825. The quantitative estimate of drug-likeness (QED) is 0.0252. The Kier molecular flexibility index (Phi) is 66.1. The highest BCUT2D eigenvalue weighted by Crippen LogP contribution is 2.22. The summed E-state index contributed by atoms with van der Waals surface area (Å²) in [4.78, 5) is 170. The number of hydrogen-bond acceptors (Lipinski definition) is 20. The van der Waals surface area contributed by atoms with E-state index in [4.69, 9.17) is 40.6 Å². The summed E-state index contributed by atoms with van der Waals surface area (Å²) in [7, 11) is 0. The zero-order valence-corrected chi connectivity index (χ0v) is 66.3. The normalized spacial score (nSPS) is 12.9. The van der Waals surface area contributed by atoms with Gasteiger partial charge in [0.05, 0.1) is 57.6 Å². The van der Waals surface area contributed by atoms with Gasteiger partial charge in [-0.1, -0.05) is 148 Å². The summed E-state index contributed by atoms with van der Waals surface area (Å²) in [6, 6.07) is -2.57. The highest BCUT2D eigenvalue weighted by molar-refractivity contribution is 5.88. The highest BCUT2D eigenvalue weighted by atomic mass is 16.5. The van der Waals surface area contributed by atoms with Crippen LogP contribution < -0.4 is 38.1 Å². The summed E-state index contributed by atoms with van der Waals surface area (Å²) in [6.07, 6.45) is 29.3. The summed E-state index contributed by atoms with van der Waals surface area (Å²) < 4.78 is 21.8. The molecule has 0 aromatic carbocycles. The number of nitrogens with two attached hydrogens (primary N) is 2. The van der Waals surface area contributed by atoms with Crippen LogP contribution in [0, 0.1) is 17.8 Å². The van der Waals surface area contributed by atoms with Gasteiger partial charge in [-0.3, -0.25) is 62.3 Å². The zero-order valence-electron chi connectivity index (χ0n) is 66.3. The van der Waals surface area contributed by atoms with Crippen LogP contribution in [0.25, 0.3) is 0 Å². The van der Waals surface area contributed by atoms with Crippen LogP contribution in [0.4, 0.5) is 0 Å². The number of aliphatic carboxylic acids is 4. The maximum atomic E-state index is 13.1. The van der Waals surface area contributed by atoms with Crippen molar-refractivity contribution in [3.05, 3.63) is 0 Å². The first-order valence-electron chi connectivity index (χ1n) is 41.0.